The minimum Gasteiger partial charge on any atom is -0.456 e. The topological polar surface area (TPSA) is 65.2 Å². The molecule has 0 fully saturated rings. The van der Waals surface area contributed by atoms with E-state index in [1.807, 2.05) is 13.0 Å². The Morgan fingerprint density at radius 1 is 1.53 bits per heavy atom. The Hall–Kier alpha value is -1.88. The lowest BCUT2D eigenvalue weighted by Crippen LogP contribution is -2.08. The van der Waals surface area contributed by atoms with Gasteiger partial charge in [0.1, 0.15) is 6.61 Å². The predicted molar refractivity (Wildman–Crippen MR) is 66.8 cm³/mol. The van der Waals surface area contributed by atoms with Crippen LogP contribution in [0.1, 0.15) is 20.8 Å². The van der Waals surface area contributed by atoms with E-state index in [9.17, 15) is 4.79 Å². The summed E-state index contributed by atoms with van der Waals surface area (Å²) in [5, 5.41) is 0. The first-order valence-corrected chi connectivity index (χ1v) is 5.95. The Balaban J connectivity index is 2.07. The fourth-order valence-corrected chi connectivity index (χ4v) is 1.88. The summed E-state index contributed by atoms with van der Waals surface area (Å²) in [6, 6.07) is 5.29. The molecule has 2 aromatic rings. The van der Waals surface area contributed by atoms with Gasteiger partial charge in [0.25, 0.3) is 0 Å². The Morgan fingerprint density at radius 3 is 3.06 bits per heavy atom. The monoisotopic (exact) mass is 248 g/mol. The van der Waals surface area contributed by atoms with Crippen LogP contribution in [0.4, 0.5) is 5.69 Å². The number of ether oxygens (including phenoxy) is 1. The summed E-state index contributed by atoms with van der Waals surface area (Å²) in [4.78, 5) is 16.6. The highest BCUT2D eigenvalue weighted by atomic mass is 32.1. The Labute approximate surface area is 103 Å². The lowest BCUT2D eigenvalue weighted by atomic mass is 10.1. The number of esters is 1. The quantitative estimate of drug-likeness (QED) is 0.669. The number of aromatic nitrogens is 1. The average molecular weight is 248 g/mol. The molecule has 1 heterocycles. The van der Waals surface area contributed by atoms with Gasteiger partial charge in [0.2, 0.25) is 0 Å². The van der Waals surface area contributed by atoms with Crippen LogP contribution < -0.4 is 5.73 Å². The molecule has 88 valence electrons. The predicted octanol–water partition coefficient (Wildman–Crippen LogP) is 2.39. The van der Waals surface area contributed by atoms with Gasteiger partial charge < -0.3 is 10.5 Å². The number of hydrogen-bond acceptors (Lipinski definition) is 5. The van der Waals surface area contributed by atoms with Gasteiger partial charge in [0.15, 0.2) is 0 Å². The van der Waals surface area contributed by atoms with E-state index in [-0.39, 0.29) is 6.61 Å². The zero-order valence-electron chi connectivity index (χ0n) is 9.34. The van der Waals surface area contributed by atoms with Gasteiger partial charge >= 0.3 is 5.97 Å². The number of carbonyl (C=O) groups excluding carboxylic acids is 1. The summed E-state index contributed by atoms with van der Waals surface area (Å²) in [6.07, 6.45) is 1.68. The number of nitrogens with two attached hydrogens (primary N) is 1. The van der Waals surface area contributed by atoms with Gasteiger partial charge in [0, 0.05) is 11.9 Å². The second-order valence-corrected chi connectivity index (χ2v) is 4.61. The van der Waals surface area contributed by atoms with E-state index in [1.54, 1.807) is 23.8 Å². The number of anilines is 1. The number of carbonyl (C=O) groups is 1. The molecule has 0 atom stereocenters. The summed E-state index contributed by atoms with van der Waals surface area (Å²) in [5.74, 6) is -0.403. The second-order valence-electron chi connectivity index (χ2n) is 3.63. The van der Waals surface area contributed by atoms with E-state index in [4.69, 9.17) is 10.5 Å². The molecule has 4 nitrogen and oxygen atoms in total. The van der Waals surface area contributed by atoms with Crippen molar-refractivity contribution < 1.29 is 9.53 Å². The van der Waals surface area contributed by atoms with Crippen molar-refractivity contribution in [2.75, 3.05) is 5.73 Å². The highest BCUT2D eigenvalue weighted by Crippen LogP contribution is 2.16. The molecule has 5 heteroatoms. The third-order valence-corrected chi connectivity index (χ3v) is 3.01. The minimum absolute atomic E-state index is 0.233. The maximum Gasteiger partial charge on any atom is 0.340 e. The number of aryl methyl sites for hydroxylation is 1. The Kier molecular flexibility index (Phi) is 3.39. The van der Waals surface area contributed by atoms with Crippen molar-refractivity contribution in [2.24, 2.45) is 0 Å². The van der Waals surface area contributed by atoms with E-state index >= 15 is 0 Å². The maximum atomic E-state index is 11.8. The maximum absolute atomic E-state index is 11.8. The number of thiazole rings is 1. The number of nitrogen functional groups attached to an aromatic ring is 1. The van der Waals surface area contributed by atoms with Crippen molar-refractivity contribution in [3.8, 4) is 0 Å². The van der Waals surface area contributed by atoms with E-state index < -0.39 is 5.97 Å². The standard InChI is InChI=1S/C12H12N2O2S/c1-8-2-3-11(13)10(4-8)12(15)16-6-9-5-14-7-17-9/h2-5,7H,6,13H2,1H3. The van der Waals surface area contributed by atoms with Gasteiger partial charge in [-0.25, -0.2) is 4.79 Å². The van der Waals surface area contributed by atoms with E-state index in [1.165, 1.54) is 11.3 Å². The van der Waals surface area contributed by atoms with Crippen molar-refractivity contribution in [2.45, 2.75) is 13.5 Å². The molecule has 0 saturated heterocycles. The van der Waals surface area contributed by atoms with Crippen LogP contribution in [0.15, 0.2) is 29.9 Å². The lowest BCUT2D eigenvalue weighted by Gasteiger charge is -2.06. The van der Waals surface area contributed by atoms with Crippen LogP contribution >= 0.6 is 11.3 Å². The number of rotatable bonds is 3. The summed E-state index contributed by atoms with van der Waals surface area (Å²) >= 11 is 1.45. The van der Waals surface area contributed by atoms with Crippen LogP contribution in [0.5, 0.6) is 0 Å². The molecule has 0 aliphatic heterocycles. The van der Waals surface area contributed by atoms with Gasteiger partial charge in [-0.15, -0.1) is 11.3 Å². The molecule has 1 aromatic carbocycles. The first-order valence-electron chi connectivity index (χ1n) is 5.07. The Morgan fingerprint density at radius 2 is 2.35 bits per heavy atom. The molecule has 0 amide bonds. The summed E-state index contributed by atoms with van der Waals surface area (Å²) in [7, 11) is 0. The minimum atomic E-state index is -0.403. The number of benzene rings is 1. The number of nitrogens with zero attached hydrogens (tertiary/aromatic N) is 1. The molecule has 0 bridgehead atoms. The van der Waals surface area contributed by atoms with Crippen LogP contribution in [0.25, 0.3) is 0 Å². The third-order valence-electron chi connectivity index (χ3n) is 2.26. The van der Waals surface area contributed by atoms with Gasteiger partial charge in [-0.3, -0.25) is 4.98 Å². The second kappa shape index (κ2) is 4.97. The van der Waals surface area contributed by atoms with Crippen LogP contribution in [0.2, 0.25) is 0 Å². The third kappa shape index (κ3) is 2.82. The first kappa shape index (κ1) is 11.6. The molecular formula is C12H12N2O2S. The molecule has 2 N–H and O–H groups in total. The van der Waals surface area contributed by atoms with E-state index in [0.29, 0.717) is 11.3 Å². The normalized spacial score (nSPS) is 10.2. The van der Waals surface area contributed by atoms with Crippen LogP contribution in [-0.2, 0) is 11.3 Å². The van der Waals surface area contributed by atoms with E-state index in [0.717, 1.165) is 10.4 Å². The molecule has 2 rings (SSSR count). The Bertz CT molecular complexity index is 523. The SMILES string of the molecule is Cc1ccc(N)c(C(=O)OCc2cncs2)c1. The van der Waals surface area contributed by atoms with E-state index in [2.05, 4.69) is 4.98 Å². The summed E-state index contributed by atoms with van der Waals surface area (Å²) < 4.78 is 5.16. The largest absolute Gasteiger partial charge is 0.456 e. The molecule has 1 aromatic heterocycles. The van der Waals surface area contributed by atoms with Crippen molar-refractivity contribution in [1.29, 1.82) is 0 Å². The average Bonchev–Trinajstić information content (AvgIpc) is 2.82. The van der Waals surface area contributed by atoms with Crippen molar-refractivity contribution >= 4 is 23.0 Å². The van der Waals surface area contributed by atoms with Gasteiger partial charge in [-0.05, 0) is 19.1 Å². The van der Waals surface area contributed by atoms with Gasteiger partial charge in [-0.2, -0.15) is 0 Å². The van der Waals surface area contributed by atoms with Gasteiger partial charge in [0.05, 0.1) is 16.0 Å². The number of hydrogen-bond donors (Lipinski definition) is 1. The summed E-state index contributed by atoms with van der Waals surface area (Å²) in [6.45, 7) is 2.14. The van der Waals surface area contributed by atoms with Crippen LogP contribution in [0, 0.1) is 6.92 Å². The van der Waals surface area contributed by atoms with Crippen LogP contribution in [-0.4, -0.2) is 11.0 Å². The molecule has 0 aliphatic rings. The smallest absolute Gasteiger partial charge is 0.340 e. The molecule has 0 spiro atoms. The highest BCUT2D eigenvalue weighted by molar-refractivity contribution is 7.09. The molecule has 0 aliphatic carbocycles. The molecule has 17 heavy (non-hydrogen) atoms. The molecule has 0 unspecified atom stereocenters. The fraction of sp³-hybridized carbons (Fsp3) is 0.167. The highest BCUT2D eigenvalue weighted by Gasteiger charge is 2.11. The summed E-state index contributed by atoms with van der Waals surface area (Å²) in [5.41, 5.74) is 9.25. The zero-order valence-corrected chi connectivity index (χ0v) is 10.2. The molecular weight excluding hydrogens is 236 g/mol. The molecule has 0 radical (unpaired) electrons. The van der Waals surface area contributed by atoms with Gasteiger partial charge in [-0.1, -0.05) is 11.6 Å². The fourth-order valence-electron chi connectivity index (χ4n) is 1.37. The lowest BCUT2D eigenvalue weighted by molar-refractivity contribution is 0.0478. The molecule has 0 saturated carbocycles. The zero-order chi connectivity index (χ0) is 12.3. The van der Waals surface area contributed by atoms with Crippen molar-refractivity contribution in [3.63, 3.8) is 0 Å². The van der Waals surface area contributed by atoms with Crippen molar-refractivity contribution in [1.82, 2.24) is 4.98 Å². The van der Waals surface area contributed by atoms with Crippen molar-refractivity contribution in [3.05, 3.63) is 45.9 Å². The first-order chi connectivity index (χ1) is 8.16. The van der Waals surface area contributed by atoms with Crippen LogP contribution in [0.3, 0.4) is 0 Å².